The Hall–Kier alpha value is -0.690. The summed E-state index contributed by atoms with van der Waals surface area (Å²) in [6.45, 7) is 1.70. The maximum atomic E-state index is 12.4. The lowest BCUT2D eigenvalue weighted by molar-refractivity contribution is 0.102. The van der Waals surface area contributed by atoms with E-state index in [1.165, 1.54) is 11.1 Å². The fourth-order valence-electron chi connectivity index (χ4n) is 2.28. The van der Waals surface area contributed by atoms with Crippen LogP contribution < -0.4 is 10.6 Å². The van der Waals surface area contributed by atoms with Gasteiger partial charge in [-0.3, -0.25) is 4.79 Å². The molecule has 0 saturated carbocycles. The Labute approximate surface area is 147 Å². The highest BCUT2D eigenvalue weighted by Crippen LogP contribution is 2.34. The molecule has 6 heteroatoms. The van der Waals surface area contributed by atoms with E-state index in [1.54, 1.807) is 0 Å². The van der Waals surface area contributed by atoms with E-state index >= 15 is 0 Å². The molecule has 1 heterocycles. The number of hydrogen-bond donors (Lipinski definition) is 2. The first-order valence-electron chi connectivity index (χ1n) is 6.33. The monoisotopic (exact) mass is 472 g/mol. The van der Waals surface area contributed by atoms with E-state index in [-0.39, 0.29) is 5.91 Å². The first kappa shape index (κ1) is 15.2. The van der Waals surface area contributed by atoms with Crippen LogP contribution in [0, 0.1) is 0 Å². The van der Waals surface area contributed by atoms with Gasteiger partial charge in [0, 0.05) is 32.1 Å². The zero-order valence-electron chi connectivity index (χ0n) is 10.8. The van der Waals surface area contributed by atoms with Gasteiger partial charge in [-0.1, -0.05) is 22.0 Å². The van der Waals surface area contributed by atoms with Crippen LogP contribution in [0.1, 0.15) is 21.5 Å². The Morgan fingerprint density at radius 3 is 2.38 bits per heavy atom. The molecule has 108 valence electrons. The lowest BCUT2D eigenvalue weighted by atomic mass is 10.1. The third kappa shape index (κ3) is 3.23. The number of benzene rings is 2. The lowest BCUT2D eigenvalue weighted by Gasteiger charge is -2.11. The summed E-state index contributed by atoms with van der Waals surface area (Å²) in [7, 11) is 0. The summed E-state index contributed by atoms with van der Waals surface area (Å²) in [5.74, 6) is -0.117. The Morgan fingerprint density at radius 1 is 1.00 bits per heavy atom. The molecule has 0 saturated heterocycles. The van der Waals surface area contributed by atoms with E-state index in [2.05, 4.69) is 58.4 Å². The Balaban J connectivity index is 1.87. The molecule has 1 aliphatic heterocycles. The summed E-state index contributed by atoms with van der Waals surface area (Å²) < 4.78 is 2.57. The van der Waals surface area contributed by atoms with Gasteiger partial charge in [-0.05, 0) is 67.3 Å². The van der Waals surface area contributed by atoms with Gasteiger partial charge in [0.1, 0.15) is 0 Å². The van der Waals surface area contributed by atoms with E-state index in [1.807, 2.05) is 30.3 Å². The van der Waals surface area contributed by atoms with Crippen LogP contribution >= 0.6 is 47.8 Å². The van der Waals surface area contributed by atoms with Gasteiger partial charge in [-0.15, -0.1) is 0 Å². The van der Waals surface area contributed by atoms with Crippen molar-refractivity contribution in [3.05, 3.63) is 60.4 Å². The fraction of sp³-hybridized carbons (Fsp3) is 0.133. The minimum absolute atomic E-state index is 0.117. The van der Waals surface area contributed by atoms with Crippen LogP contribution in [-0.2, 0) is 13.1 Å². The van der Waals surface area contributed by atoms with Gasteiger partial charge in [-0.2, -0.15) is 0 Å². The second-order valence-corrected chi connectivity index (χ2v) is 7.41. The zero-order valence-corrected chi connectivity index (χ0v) is 15.6. The summed E-state index contributed by atoms with van der Waals surface area (Å²) in [6, 6.07) is 9.61. The van der Waals surface area contributed by atoms with Gasteiger partial charge in [0.25, 0.3) is 5.91 Å². The average Bonchev–Trinajstić information content (AvgIpc) is 2.89. The van der Waals surface area contributed by atoms with E-state index in [0.717, 1.165) is 32.2 Å². The minimum atomic E-state index is -0.117. The summed E-state index contributed by atoms with van der Waals surface area (Å²) in [6.07, 6.45) is 0. The van der Waals surface area contributed by atoms with Crippen molar-refractivity contribution >= 4 is 59.4 Å². The molecule has 1 amide bonds. The smallest absolute Gasteiger partial charge is 0.255 e. The number of amides is 1. The van der Waals surface area contributed by atoms with Gasteiger partial charge in [-0.25, -0.2) is 0 Å². The summed E-state index contributed by atoms with van der Waals surface area (Å²) in [4.78, 5) is 12.4. The molecule has 0 bridgehead atoms. The Bertz CT molecular complexity index is 708. The second kappa shape index (κ2) is 6.20. The molecule has 0 fully saturated rings. The molecule has 3 rings (SSSR count). The van der Waals surface area contributed by atoms with E-state index in [4.69, 9.17) is 0 Å². The normalized spacial score (nSPS) is 13.1. The van der Waals surface area contributed by atoms with Gasteiger partial charge in [0.2, 0.25) is 0 Å². The molecule has 0 unspecified atom stereocenters. The molecule has 0 radical (unpaired) electrons. The van der Waals surface area contributed by atoms with Crippen molar-refractivity contribution in [2.75, 3.05) is 5.32 Å². The maximum absolute atomic E-state index is 12.4. The number of anilines is 1. The molecule has 2 aromatic rings. The third-order valence-corrected chi connectivity index (χ3v) is 5.05. The van der Waals surface area contributed by atoms with Crippen molar-refractivity contribution in [2.45, 2.75) is 13.1 Å². The lowest BCUT2D eigenvalue weighted by Crippen LogP contribution is -2.13. The first-order chi connectivity index (χ1) is 10.0. The predicted molar refractivity (Wildman–Crippen MR) is 94.5 cm³/mol. The molecule has 3 nitrogen and oxygen atoms in total. The van der Waals surface area contributed by atoms with Crippen LogP contribution in [0.4, 0.5) is 5.69 Å². The molecular formula is C15H11Br3N2O. The first-order valence-corrected chi connectivity index (χ1v) is 8.71. The molecule has 0 spiro atoms. The van der Waals surface area contributed by atoms with Crippen LogP contribution in [-0.4, -0.2) is 5.91 Å². The van der Waals surface area contributed by atoms with Crippen molar-refractivity contribution in [1.82, 2.24) is 5.32 Å². The molecule has 0 atom stereocenters. The summed E-state index contributed by atoms with van der Waals surface area (Å²) in [5.41, 5.74) is 3.84. The van der Waals surface area contributed by atoms with Crippen molar-refractivity contribution in [1.29, 1.82) is 0 Å². The SMILES string of the molecule is O=C(Nc1c(Br)cc(Br)cc1Br)c1ccc2c(c1)CNC2. The number of rotatable bonds is 2. The molecule has 1 aliphatic rings. The standard InChI is InChI=1S/C15H11Br3N2O/c16-11-4-12(17)14(13(18)5-11)20-15(21)8-1-2-9-6-19-7-10(9)3-8/h1-5,19H,6-7H2,(H,20,21). The third-order valence-electron chi connectivity index (χ3n) is 3.34. The van der Waals surface area contributed by atoms with E-state index in [0.29, 0.717) is 5.56 Å². The van der Waals surface area contributed by atoms with Crippen LogP contribution in [0.5, 0.6) is 0 Å². The zero-order chi connectivity index (χ0) is 15.0. The van der Waals surface area contributed by atoms with E-state index < -0.39 is 0 Å². The number of halogens is 3. The topological polar surface area (TPSA) is 41.1 Å². The predicted octanol–water partition coefficient (Wildman–Crippen LogP) is 4.83. The van der Waals surface area contributed by atoms with Gasteiger partial charge < -0.3 is 10.6 Å². The van der Waals surface area contributed by atoms with Crippen molar-refractivity contribution in [3.63, 3.8) is 0 Å². The second-order valence-electron chi connectivity index (χ2n) is 4.79. The number of nitrogens with one attached hydrogen (secondary N) is 2. The molecule has 0 aromatic heterocycles. The molecule has 0 aliphatic carbocycles. The van der Waals surface area contributed by atoms with Crippen molar-refractivity contribution < 1.29 is 4.79 Å². The minimum Gasteiger partial charge on any atom is -0.320 e. The molecule has 2 N–H and O–H groups in total. The largest absolute Gasteiger partial charge is 0.320 e. The number of fused-ring (bicyclic) bond motifs is 1. The number of carbonyl (C=O) groups excluding carboxylic acids is 1. The van der Waals surface area contributed by atoms with Crippen molar-refractivity contribution in [3.8, 4) is 0 Å². The number of carbonyl (C=O) groups is 1. The molecular weight excluding hydrogens is 464 g/mol. The van der Waals surface area contributed by atoms with Crippen LogP contribution in [0.3, 0.4) is 0 Å². The average molecular weight is 475 g/mol. The number of hydrogen-bond acceptors (Lipinski definition) is 2. The highest BCUT2D eigenvalue weighted by atomic mass is 79.9. The van der Waals surface area contributed by atoms with Gasteiger partial charge in [0.05, 0.1) is 5.69 Å². The summed E-state index contributed by atoms with van der Waals surface area (Å²) >= 11 is 10.3. The highest BCUT2D eigenvalue weighted by molar-refractivity contribution is 9.11. The Kier molecular flexibility index (Phi) is 4.49. The van der Waals surface area contributed by atoms with Crippen LogP contribution in [0.25, 0.3) is 0 Å². The van der Waals surface area contributed by atoms with Crippen LogP contribution in [0.2, 0.25) is 0 Å². The van der Waals surface area contributed by atoms with Crippen molar-refractivity contribution in [2.24, 2.45) is 0 Å². The van der Waals surface area contributed by atoms with E-state index in [9.17, 15) is 4.79 Å². The molecule has 2 aromatic carbocycles. The molecule has 21 heavy (non-hydrogen) atoms. The van der Waals surface area contributed by atoms with Gasteiger partial charge >= 0.3 is 0 Å². The summed E-state index contributed by atoms with van der Waals surface area (Å²) in [5, 5.41) is 6.22. The fourth-order valence-corrected chi connectivity index (χ4v) is 4.74. The quantitative estimate of drug-likeness (QED) is 0.654. The maximum Gasteiger partial charge on any atom is 0.255 e. The Morgan fingerprint density at radius 2 is 1.67 bits per heavy atom. The highest BCUT2D eigenvalue weighted by Gasteiger charge is 2.15. The van der Waals surface area contributed by atoms with Crippen LogP contribution in [0.15, 0.2) is 43.7 Å². The van der Waals surface area contributed by atoms with Gasteiger partial charge in [0.15, 0.2) is 0 Å².